The molecule has 0 aliphatic heterocycles. The Bertz CT molecular complexity index is 1190. The normalized spacial score (nSPS) is 14.3. The van der Waals surface area contributed by atoms with Crippen molar-refractivity contribution < 1.29 is 13.2 Å². The Morgan fingerprint density at radius 2 is 1.72 bits per heavy atom. The molecule has 0 unspecified atom stereocenters. The highest BCUT2D eigenvalue weighted by atomic mass is 19.4. The third-order valence-corrected chi connectivity index (χ3v) is 4.94. The van der Waals surface area contributed by atoms with E-state index in [2.05, 4.69) is 25.5 Å². The number of hydrogen-bond donors (Lipinski definition) is 2. The van der Waals surface area contributed by atoms with E-state index in [4.69, 9.17) is 0 Å². The number of pyridine rings is 1. The Hall–Kier alpha value is -3.42. The molecule has 1 saturated carbocycles. The molecule has 2 aromatic heterocycles. The zero-order valence-corrected chi connectivity index (χ0v) is 15.2. The van der Waals surface area contributed by atoms with Gasteiger partial charge in [-0.15, -0.1) is 5.10 Å². The highest BCUT2D eigenvalue weighted by Gasteiger charge is 2.34. The SMILES string of the molecule is FC(F)(F)c1ccccc1-c1cc(Nc2n[nH]c(C3CC3)n2)c2ccccc2n1. The lowest BCUT2D eigenvalue weighted by Crippen LogP contribution is -2.07. The molecule has 2 heterocycles. The molecule has 0 amide bonds. The van der Waals surface area contributed by atoms with Crippen LogP contribution in [0.3, 0.4) is 0 Å². The van der Waals surface area contributed by atoms with Crippen molar-refractivity contribution in [3.63, 3.8) is 0 Å². The Kier molecular flexibility index (Phi) is 4.01. The van der Waals surface area contributed by atoms with Crippen molar-refractivity contribution in [2.75, 3.05) is 5.32 Å². The number of alkyl halides is 3. The van der Waals surface area contributed by atoms with E-state index in [-0.39, 0.29) is 11.3 Å². The van der Waals surface area contributed by atoms with E-state index in [1.807, 2.05) is 12.1 Å². The van der Waals surface area contributed by atoms with Crippen LogP contribution in [0.5, 0.6) is 0 Å². The highest BCUT2D eigenvalue weighted by molar-refractivity contribution is 5.95. The number of rotatable bonds is 4. The van der Waals surface area contributed by atoms with Crippen molar-refractivity contribution in [2.45, 2.75) is 24.9 Å². The van der Waals surface area contributed by atoms with Crippen LogP contribution in [0.25, 0.3) is 22.2 Å². The number of H-pyrrole nitrogens is 1. The van der Waals surface area contributed by atoms with Gasteiger partial charge in [-0.2, -0.15) is 18.2 Å². The molecule has 1 aliphatic rings. The lowest BCUT2D eigenvalue weighted by Gasteiger charge is -2.14. The Morgan fingerprint density at radius 1 is 0.966 bits per heavy atom. The summed E-state index contributed by atoms with van der Waals surface area (Å²) in [4.78, 5) is 8.93. The summed E-state index contributed by atoms with van der Waals surface area (Å²) < 4.78 is 40.5. The van der Waals surface area contributed by atoms with Crippen molar-refractivity contribution in [3.05, 3.63) is 66.0 Å². The fourth-order valence-corrected chi connectivity index (χ4v) is 3.36. The molecule has 0 spiro atoms. The first kappa shape index (κ1) is 17.7. The van der Waals surface area contributed by atoms with Crippen LogP contribution < -0.4 is 5.32 Å². The van der Waals surface area contributed by atoms with Gasteiger partial charge in [0.25, 0.3) is 0 Å². The van der Waals surface area contributed by atoms with Gasteiger partial charge in [-0.05, 0) is 31.0 Å². The molecule has 1 aliphatic carbocycles. The smallest absolute Gasteiger partial charge is 0.322 e. The van der Waals surface area contributed by atoms with Gasteiger partial charge in [-0.25, -0.2) is 4.98 Å². The van der Waals surface area contributed by atoms with Gasteiger partial charge in [0, 0.05) is 16.9 Å². The zero-order chi connectivity index (χ0) is 20.0. The lowest BCUT2D eigenvalue weighted by molar-refractivity contribution is -0.137. The number of para-hydroxylation sites is 1. The van der Waals surface area contributed by atoms with E-state index < -0.39 is 11.7 Å². The van der Waals surface area contributed by atoms with Crippen molar-refractivity contribution in [1.82, 2.24) is 20.2 Å². The molecular formula is C21H16F3N5. The summed E-state index contributed by atoms with van der Waals surface area (Å²) in [7, 11) is 0. The minimum absolute atomic E-state index is 0.0301. The molecule has 8 heteroatoms. The van der Waals surface area contributed by atoms with Crippen LogP contribution in [0.4, 0.5) is 24.8 Å². The highest BCUT2D eigenvalue weighted by Crippen LogP contribution is 2.40. The van der Waals surface area contributed by atoms with Crippen molar-refractivity contribution in [1.29, 1.82) is 0 Å². The fourth-order valence-electron chi connectivity index (χ4n) is 3.36. The van der Waals surface area contributed by atoms with Gasteiger partial charge in [-0.3, -0.25) is 5.10 Å². The van der Waals surface area contributed by atoms with Crippen LogP contribution in [0, 0.1) is 0 Å². The molecule has 0 saturated heterocycles. The van der Waals surface area contributed by atoms with Gasteiger partial charge < -0.3 is 5.32 Å². The summed E-state index contributed by atoms with van der Waals surface area (Å²) in [5, 5.41) is 11.0. The van der Waals surface area contributed by atoms with E-state index in [0.29, 0.717) is 23.1 Å². The van der Waals surface area contributed by atoms with E-state index >= 15 is 0 Å². The molecule has 146 valence electrons. The minimum atomic E-state index is -4.47. The molecule has 2 N–H and O–H groups in total. The lowest BCUT2D eigenvalue weighted by atomic mass is 10.0. The number of aromatic amines is 1. The molecule has 0 radical (unpaired) electrons. The summed E-state index contributed by atoms with van der Waals surface area (Å²) in [6, 6.07) is 14.3. The standard InChI is InChI=1S/C21H16F3N5/c22-21(23,24)15-7-3-1-5-13(15)17-11-18(14-6-2-4-8-16(14)25-17)26-20-27-19(28-29-20)12-9-10-12/h1-8,11-12H,9-10H2,(H2,25,26,27,28,29). The van der Waals surface area contributed by atoms with Gasteiger partial charge in [0.05, 0.1) is 22.5 Å². The van der Waals surface area contributed by atoms with Crippen molar-refractivity contribution in [2.24, 2.45) is 0 Å². The molecule has 1 fully saturated rings. The molecule has 5 nitrogen and oxygen atoms in total. The molecular weight excluding hydrogens is 379 g/mol. The third-order valence-electron chi connectivity index (χ3n) is 4.94. The van der Waals surface area contributed by atoms with E-state index in [1.165, 1.54) is 12.1 Å². The van der Waals surface area contributed by atoms with Crippen molar-refractivity contribution in [3.8, 4) is 11.3 Å². The largest absolute Gasteiger partial charge is 0.417 e. The van der Waals surface area contributed by atoms with Gasteiger partial charge in [0.15, 0.2) is 0 Å². The van der Waals surface area contributed by atoms with Crippen molar-refractivity contribution >= 4 is 22.5 Å². The fraction of sp³-hybridized carbons (Fsp3) is 0.190. The van der Waals surface area contributed by atoms with Gasteiger partial charge in [-0.1, -0.05) is 36.4 Å². The Morgan fingerprint density at radius 3 is 2.52 bits per heavy atom. The first-order chi connectivity index (χ1) is 14.0. The van der Waals surface area contributed by atoms with Crippen LogP contribution in [0.1, 0.15) is 30.1 Å². The number of anilines is 2. The number of aromatic nitrogens is 4. The predicted octanol–water partition coefficient (Wildman–Crippen LogP) is 5.66. The van der Waals surface area contributed by atoms with Crippen LogP contribution in [0.15, 0.2) is 54.6 Å². The predicted molar refractivity (Wildman–Crippen MR) is 104 cm³/mol. The number of benzene rings is 2. The molecule has 4 aromatic rings. The maximum Gasteiger partial charge on any atom is 0.417 e. The summed E-state index contributed by atoms with van der Waals surface area (Å²) >= 11 is 0. The van der Waals surface area contributed by atoms with Crippen LogP contribution in [-0.2, 0) is 6.18 Å². The summed E-state index contributed by atoms with van der Waals surface area (Å²) in [5.74, 6) is 1.63. The summed E-state index contributed by atoms with van der Waals surface area (Å²) in [6.07, 6.45) is -2.29. The molecule has 29 heavy (non-hydrogen) atoms. The van der Waals surface area contributed by atoms with Crippen LogP contribution >= 0.6 is 0 Å². The zero-order valence-electron chi connectivity index (χ0n) is 15.2. The average molecular weight is 395 g/mol. The second kappa shape index (κ2) is 6.58. The maximum atomic E-state index is 13.5. The third kappa shape index (κ3) is 3.41. The maximum absolute atomic E-state index is 13.5. The number of fused-ring (bicyclic) bond motifs is 1. The molecule has 0 bridgehead atoms. The molecule has 2 aromatic carbocycles. The van der Waals surface area contributed by atoms with E-state index in [1.54, 1.807) is 24.3 Å². The molecule has 0 atom stereocenters. The summed E-state index contributed by atoms with van der Waals surface area (Å²) in [6.45, 7) is 0. The quantitative estimate of drug-likeness (QED) is 0.468. The Balaban J connectivity index is 1.63. The van der Waals surface area contributed by atoms with Gasteiger partial charge in [0.1, 0.15) is 5.82 Å². The second-order valence-electron chi connectivity index (χ2n) is 7.06. The Labute approximate surface area is 164 Å². The van der Waals surface area contributed by atoms with Gasteiger partial charge >= 0.3 is 6.18 Å². The monoisotopic (exact) mass is 395 g/mol. The van der Waals surface area contributed by atoms with Gasteiger partial charge in [0.2, 0.25) is 5.95 Å². The number of hydrogen-bond acceptors (Lipinski definition) is 4. The van der Waals surface area contributed by atoms with Crippen LogP contribution in [-0.4, -0.2) is 20.2 Å². The van der Waals surface area contributed by atoms with E-state index in [0.717, 1.165) is 30.1 Å². The second-order valence-corrected chi connectivity index (χ2v) is 7.06. The molecule has 5 rings (SSSR count). The minimum Gasteiger partial charge on any atom is -0.322 e. The topological polar surface area (TPSA) is 66.5 Å². The number of nitrogens with zero attached hydrogens (tertiary/aromatic N) is 3. The van der Waals surface area contributed by atoms with Crippen LogP contribution in [0.2, 0.25) is 0 Å². The number of nitrogens with one attached hydrogen (secondary N) is 2. The average Bonchev–Trinajstić information content (AvgIpc) is 3.46. The summed E-state index contributed by atoms with van der Waals surface area (Å²) in [5.41, 5.74) is 0.730. The first-order valence-corrected chi connectivity index (χ1v) is 9.25. The van der Waals surface area contributed by atoms with E-state index in [9.17, 15) is 13.2 Å². The number of halogens is 3. The first-order valence-electron chi connectivity index (χ1n) is 9.25.